The van der Waals surface area contributed by atoms with Gasteiger partial charge in [0.2, 0.25) is 0 Å². The molecule has 2 rings (SSSR count). The number of nitrogens with zero attached hydrogens (tertiary/aromatic N) is 2. The van der Waals surface area contributed by atoms with E-state index in [9.17, 15) is 0 Å². The molecule has 0 bridgehead atoms. The second-order valence-electron chi connectivity index (χ2n) is 5.32. The van der Waals surface area contributed by atoms with E-state index in [1.807, 2.05) is 19.2 Å². The molecule has 3 nitrogen and oxygen atoms in total. The van der Waals surface area contributed by atoms with Crippen LogP contribution in [-0.2, 0) is 12.8 Å². The molecule has 0 saturated heterocycles. The SMILES string of the molecule is CCCc1ccc(-c2ccnc(CCC(C)N)n2)cc1. The Morgan fingerprint density at radius 1 is 1.10 bits per heavy atom. The van der Waals surface area contributed by atoms with Crippen LogP contribution in [0.3, 0.4) is 0 Å². The molecule has 1 unspecified atom stereocenters. The zero-order valence-corrected chi connectivity index (χ0v) is 12.3. The van der Waals surface area contributed by atoms with E-state index >= 15 is 0 Å². The van der Waals surface area contributed by atoms with Crippen molar-refractivity contribution in [2.24, 2.45) is 5.73 Å². The average molecular weight is 269 g/mol. The molecule has 0 aliphatic carbocycles. The first-order valence-electron chi connectivity index (χ1n) is 7.36. The molecule has 106 valence electrons. The van der Waals surface area contributed by atoms with Crippen molar-refractivity contribution in [3.63, 3.8) is 0 Å². The van der Waals surface area contributed by atoms with Gasteiger partial charge >= 0.3 is 0 Å². The third-order valence-corrected chi connectivity index (χ3v) is 3.32. The van der Waals surface area contributed by atoms with Crippen molar-refractivity contribution in [1.29, 1.82) is 0 Å². The third-order valence-electron chi connectivity index (χ3n) is 3.32. The predicted molar refractivity (Wildman–Crippen MR) is 83.4 cm³/mol. The van der Waals surface area contributed by atoms with Crippen LogP contribution < -0.4 is 5.73 Å². The fourth-order valence-electron chi connectivity index (χ4n) is 2.17. The highest BCUT2D eigenvalue weighted by atomic mass is 14.9. The van der Waals surface area contributed by atoms with Crippen molar-refractivity contribution in [2.75, 3.05) is 0 Å². The van der Waals surface area contributed by atoms with E-state index in [4.69, 9.17) is 5.73 Å². The Kier molecular flexibility index (Phi) is 5.24. The summed E-state index contributed by atoms with van der Waals surface area (Å²) >= 11 is 0. The maximum atomic E-state index is 5.78. The Bertz CT molecular complexity index is 532. The maximum absolute atomic E-state index is 5.78. The molecule has 1 aromatic carbocycles. The largest absolute Gasteiger partial charge is 0.328 e. The van der Waals surface area contributed by atoms with E-state index < -0.39 is 0 Å². The summed E-state index contributed by atoms with van der Waals surface area (Å²) < 4.78 is 0. The zero-order chi connectivity index (χ0) is 14.4. The van der Waals surface area contributed by atoms with Gasteiger partial charge in [0, 0.05) is 24.2 Å². The minimum Gasteiger partial charge on any atom is -0.328 e. The van der Waals surface area contributed by atoms with Crippen molar-refractivity contribution in [3.8, 4) is 11.3 Å². The molecule has 0 aliphatic heterocycles. The molecule has 2 N–H and O–H groups in total. The van der Waals surface area contributed by atoms with Crippen LogP contribution >= 0.6 is 0 Å². The van der Waals surface area contributed by atoms with Crippen LogP contribution in [0.15, 0.2) is 36.5 Å². The molecule has 0 spiro atoms. The fraction of sp³-hybridized carbons (Fsp3) is 0.412. The molecule has 1 heterocycles. The number of benzene rings is 1. The highest BCUT2D eigenvalue weighted by Crippen LogP contribution is 2.18. The van der Waals surface area contributed by atoms with Crippen molar-refractivity contribution < 1.29 is 0 Å². The monoisotopic (exact) mass is 269 g/mol. The first-order valence-corrected chi connectivity index (χ1v) is 7.36. The van der Waals surface area contributed by atoms with Gasteiger partial charge < -0.3 is 5.73 Å². The number of hydrogen-bond acceptors (Lipinski definition) is 3. The normalized spacial score (nSPS) is 12.3. The molecule has 0 radical (unpaired) electrons. The lowest BCUT2D eigenvalue weighted by Gasteiger charge is -2.06. The van der Waals surface area contributed by atoms with Gasteiger partial charge in [0.1, 0.15) is 5.82 Å². The van der Waals surface area contributed by atoms with E-state index in [2.05, 4.69) is 41.2 Å². The first kappa shape index (κ1) is 14.7. The summed E-state index contributed by atoms with van der Waals surface area (Å²) in [5, 5.41) is 0. The Balaban J connectivity index is 2.13. The van der Waals surface area contributed by atoms with Gasteiger partial charge in [-0.05, 0) is 31.4 Å². The van der Waals surface area contributed by atoms with Crippen molar-refractivity contribution in [2.45, 2.75) is 45.6 Å². The van der Waals surface area contributed by atoms with Crippen LogP contribution in [0, 0.1) is 0 Å². The molecule has 0 aliphatic rings. The second-order valence-corrected chi connectivity index (χ2v) is 5.32. The summed E-state index contributed by atoms with van der Waals surface area (Å²) in [6.45, 7) is 4.21. The summed E-state index contributed by atoms with van der Waals surface area (Å²) in [7, 11) is 0. The minimum atomic E-state index is 0.190. The first-order chi connectivity index (χ1) is 9.69. The van der Waals surface area contributed by atoms with E-state index in [0.717, 1.165) is 36.3 Å². The molecule has 20 heavy (non-hydrogen) atoms. The average Bonchev–Trinajstić information content (AvgIpc) is 2.47. The lowest BCUT2D eigenvalue weighted by atomic mass is 10.1. The number of hydrogen-bond donors (Lipinski definition) is 1. The maximum Gasteiger partial charge on any atom is 0.129 e. The summed E-state index contributed by atoms with van der Waals surface area (Å²) in [6, 6.07) is 10.8. The van der Waals surface area contributed by atoms with Crippen molar-refractivity contribution in [1.82, 2.24) is 9.97 Å². The van der Waals surface area contributed by atoms with E-state index in [0.29, 0.717) is 0 Å². The van der Waals surface area contributed by atoms with Crippen LogP contribution in [0.5, 0.6) is 0 Å². The summed E-state index contributed by atoms with van der Waals surface area (Å²) in [6.07, 6.45) is 5.88. The molecule has 3 heteroatoms. The van der Waals surface area contributed by atoms with Gasteiger partial charge in [0.25, 0.3) is 0 Å². The molecule has 1 atom stereocenters. The van der Waals surface area contributed by atoms with Crippen molar-refractivity contribution in [3.05, 3.63) is 47.9 Å². The van der Waals surface area contributed by atoms with E-state index in [1.54, 1.807) is 0 Å². The summed E-state index contributed by atoms with van der Waals surface area (Å²) in [5.41, 5.74) is 9.29. The quantitative estimate of drug-likeness (QED) is 0.874. The highest BCUT2D eigenvalue weighted by molar-refractivity contribution is 5.58. The van der Waals surface area contributed by atoms with Gasteiger partial charge in [0.05, 0.1) is 5.69 Å². The highest BCUT2D eigenvalue weighted by Gasteiger charge is 2.04. The van der Waals surface area contributed by atoms with Gasteiger partial charge in [0.15, 0.2) is 0 Å². The van der Waals surface area contributed by atoms with Crippen LogP contribution in [0.2, 0.25) is 0 Å². The predicted octanol–water partition coefficient (Wildman–Crippen LogP) is 3.38. The lowest BCUT2D eigenvalue weighted by Crippen LogP contribution is -2.16. The molecule has 0 amide bonds. The Morgan fingerprint density at radius 2 is 1.85 bits per heavy atom. The molecule has 0 saturated carbocycles. The van der Waals surface area contributed by atoms with Gasteiger partial charge in [-0.1, -0.05) is 37.6 Å². The summed E-state index contributed by atoms with van der Waals surface area (Å²) in [5.74, 6) is 0.873. The third kappa shape index (κ3) is 4.14. The molecule has 0 fully saturated rings. The Hall–Kier alpha value is -1.74. The Labute approximate surface area is 121 Å². The molecular formula is C17H23N3. The number of aromatic nitrogens is 2. The number of aryl methyl sites for hydroxylation is 2. The zero-order valence-electron chi connectivity index (χ0n) is 12.3. The smallest absolute Gasteiger partial charge is 0.129 e. The standard InChI is InChI=1S/C17H23N3/c1-3-4-14-6-8-15(9-7-14)16-11-12-19-17(20-16)10-5-13(2)18/h6-9,11-13H,3-5,10,18H2,1-2H3. The number of nitrogens with two attached hydrogens (primary N) is 1. The van der Waals surface area contributed by atoms with Gasteiger partial charge in [-0.25, -0.2) is 9.97 Å². The molecule has 1 aromatic heterocycles. The van der Waals surface area contributed by atoms with Gasteiger partial charge in [-0.3, -0.25) is 0 Å². The van der Waals surface area contributed by atoms with Crippen molar-refractivity contribution >= 4 is 0 Å². The molecule has 2 aromatic rings. The minimum absolute atomic E-state index is 0.190. The second kappa shape index (κ2) is 7.15. The molecular weight excluding hydrogens is 246 g/mol. The fourth-order valence-corrected chi connectivity index (χ4v) is 2.17. The topological polar surface area (TPSA) is 51.8 Å². The van der Waals surface area contributed by atoms with Gasteiger partial charge in [-0.15, -0.1) is 0 Å². The summed E-state index contributed by atoms with van der Waals surface area (Å²) in [4.78, 5) is 8.94. The van der Waals surface area contributed by atoms with E-state index in [1.165, 1.54) is 12.0 Å². The van der Waals surface area contributed by atoms with Gasteiger partial charge in [-0.2, -0.15) is 0 Å². The van der Waals surface area contributed by atoms with E-state index in [-0.39, 0.29) is 6.04 Å². The van der Waals surface area contributed by atoms with Crippen LogP contribution in [0.25, 0.3) is 11.3 Å². The number of rotatable bonds is 6. The van der Waals surface area contributed by atoms with Crippen LogP contribution in [-0.4, -0.2) is 16.0 Å². The lowest BCUT2D eigenvalue weighted by molar-refractivity contribution is 0.648. The van der Waals surface area contributed by atoms with Crippen LogP contribution in [0.4, 0.5) is 0 Å². The Morgan fingerprint density at radius 3 is 2.50 bits per heavy atom. The van der Waals surface area contributed by atoms with Crippen LogP contribution in [0.1, 0.15) is 38.1 Å².